The topological polar surface area (TPSA) is 20.3 Å². The summed E-state index contributed by atoms with van der Waals surface area (Å²) >= 11 is 0. The zero-order chi connectivity index (χ0) is 7.40. The zero-order valence-electron chi connectivity index (χ0n) is 6.21. The molecule has 0 aromatic heterocycles. The summed E-state index contributed by atoms with van der Waals surface area (Å²) in [6.07, 6.45) is 6.56. The maximum atomic E-state index is 11.1. The second-order valence-corrected chi connectivity index (χ2v) is 2.36. The Hall–Kier alpha value is -0.790. The van der Waals surface area contributed by atoms with Crippen molar-refractivity contribution >= 4 is 5.91 Å². The standard InChI is InChI=1S/C8H12NO/c1-2-5-8(10)9-6-3-4-7-9/h2-3,5H,4,6-7H2,1H3. The molecule has 1 heterocycles. The minimum absolute atomic E-state index is 0.135. The van der Waals surface area contributed by atoms with Gasteiger partial charge in [-0.2, -0.15) is 0 Å². The zero-order valence-corrected chi connectivity index (χ0v) is 6.21. The lowest BCUT2D eigenvalue weighted by Crippen LogP contribution is -2.25. The van der Waals surface area contributed by atoms with E-state index in [0.29, 0.717) is 0 Å². The molecular weight excluding hydrogens is 126 g/mol. The minimum Gasteiger partial charge on any atom is -0.339 e. The Morgan fingerprint density at radius 2 is 2.50 bits per heavy atom. The van der Waals surface area contributed by atoms with Crippen LogP contribution in [0.15, 0.2) is 12.2 Å². The molecule has 0 aliphatic carbocycles. The van der Waals surface area contributed by atoms with E-state index in [0.717, 1.165) is 19.5 Å². The molecule has 1 rings (SSSR count). The number of nitrogens with zero attached hydrogens (tertiary/aromatic N) is 1. The van der Waals surface area contributed by atoms with Crippen LogP contribution in [-0.4, -0.2) is 23.9 Å². The van der Waals surface area contributed by atoms with Gasteiger partial charge >= 0.3 is 0 Å². The molecule has 0 aromatic rings. The third kappa shape index (κ3) is 1.59. The van der Waals surface area contributed by atoms with E-state index in [2.05, 4.69) is 6.42 Å². The van der Waals surface area contributed by atoms with Gasteiger partial charge < -0.3 is 4.90 Å². The fourth-order valence-electron chi connectivity index (χ4n) is 1.03. The number of hydrogen-bond acceptors (Lipinski definition) is 1. The molecule has 0 aromatic carbocycles. The summed E-state index contributed by atoms with van der Waals surface area (Å²) in [5.74, 6) is 0.135. The van der Waals surface area contributed by atoms with E-state index in [1.807, 2.05) is 11.8 Å². The first-order valence-corrected chi connectivity index (χ1v) is 3.58. The van der Waals surface area contributed by atoms with Gasteiger partial charge in [0, 0.05) is 13.1 Å². The van der Waals surface area contributed by atoms with Crippen LogP contribution in [0.2, 0.25) is 0 Å². The quantitative estimate of drug-likeness (QED) is 0.495. The average molecular weight is 138 g/mol. The smallest absolute Gasteiger partial charge is 0.246 e. The molecule has 0 bridgehead atoms. The van der Waals surface area contributed by atoms with Crippen LogP contribution >= 0.6 is 0 Å². The molecule has 0 saturated carbocycles. The molecule has 1 amide bonds. The fourth-order valence-corrected chi connectivity index (χ4v) is 1.03. The Balaban J connectivity index is 2.40. The van der Waals surface area contributed by atoms with Gasteiger partial charge in [-0.15, -0.1) is 0 Å². The van der Waals surface area contributed by atoms with Crippen LogP contribution in [0.5, 0.6) is 0 Å². The van der Waals surface area contributed by atoms with Crippen LogP contribution in [0.3, 0.4) is 0 Å². The highest BCUT2D eigenvalue weighted by Gasteiger charge is 2.14. The van der Waals surface area contributed by atoms with Crippen molar-refractivity contribution in [1.82, 2.24) is 4.90 Å². The highest BCUT2D eigenvalue weighted by atomic mass is 16.2. The first kappa shape index (κ1) is 7.32. The fraction of sp³-hybridized carbons (Fsp3) is 0.500. The first-order chi connectivity index (χ1) is 4.84. The highest BCUT2D eigenvalue weighted by Crippen LogP contribution is 2.06. The van der Waals surface area contributed by atoms with E-state index >= 15 is 0 Å². The maximum Gasteiger partial charge on any atom is 0.246 e. The molecule has 55 valence electrons. The monoisotopic (exact) mass is 138 g/mol. The van der Waals surface area contributed by atoms with Crippen molar-refractivity contribution in [2.45, 2.75) is 13.3 Å². The third-order valence-electron chi connectivity index (χ3n) is 1.57. The van der Waals surface area contributed by atoms with Crippen LogP contribution in [0.25, 0.3) is 0 Å². The molecule has 1 aliphatic heterocycles. The van der Waals surface area contributed by atoms with E-state index in [4.69, 9.17) is 0 Å². The Morgan fingerprint density at radius 3 is 3.00 bits per heavy atom. The predicted octanol–water partition coefficient (Wildman–Crippen LogP) is 0.999. The van der Waals surface area contributed by atoms with Gasteiger partial charge in [0.1, 0.15) is 0 Å². The third-order valence-corrected chi connectivity index (χ3v) is 1.57. The van der Waals surface area contributed by atoms with Gasteiger partial charge in [-0.3, -0.25) is 4.79 Å². The number of likely N-dealkylation sites (tertiary alicyclic amines) is 1. The molecule has 1 aliphatic rings. The number of rotatable bonds is 1. The van der Waals surface area contributed by atoms with E-state index in [1.54, 1.807) is 12.2 Å². The molecule has 1 radical (unpaired) electrons. The SMILES string of the molecule is CC=CC(=O)N1C[CH]CC1. The van der Waals surface area contributed by atoms with Gasteiger partial charge in [-0.1, -0.05) is 6.08 Å². The maximum absolute atomic E-state index is 11.1. The summed E-state index contributed by atoms with van der Waals surface area (Å²) in [5.41, 5.74) is 0. The second kappa shape index (κ2) is 3.40. The van der Waals surface area contributed by atoms with Crippen LogP contribution in [-0.2, 0) is 4.79 Å². The Bertz CT molecular complexity index is 145. The van der Waals surface area contributed by atoms with Gasteiger partial charge in [-0.05, 0) is 25.8 Å². The largest absolute Gasteiger partial charge is 0.339 e. The highest BCUT2D eigenvalue weighted by molar-refractivity contribution is 5.87. The van der Waals surface area contributed by atoms with Crippen LogP contribution < -0.4 is 0 Å². The molecule has 1 fully saturated rings. The van der Waals surface area contributed by atoms with Crippen molar-refractivity contribution in [2.75, 3.05) is 13.1 Å². The molecule has 10 heavy (non-hydrogen) atoms. The average Bonchev–Trinajstić information content (AvgIpc) is 2.38. The van der Waals surface area contributed by atoms with E-state index in [-0.39, 0.29) is 5.91 Å². The van der Waals surface area contributed by atoms with E-state index < -0.39 is 0 Å². The van der Waals surface area contributed by atoms with Gasteiger partial charge in [0.15, 0.2) is 0 Å². The number of hydrogen-bond donors (Lipinski definition) is 0. The van der Waals surface area contributed by atoms with Crippen molar-refractivity contribution < 1.29 is 4.79 Å². The molecule has 0 N–H and O–H groups in total. The normalized spacial score (nSPS) is 18.7. The Kier molecular flexibility index (Phi) is 2.49. The summed E-state index contributed by atoms with van der Waals surface area (Å²) in [4.78, 5) is 12.9. The molecule has 0 unspecified atom stereocenters. The van der Waals surface area contributed by atoms with Gasteiger partial charge in [0.25, 0.3) is 0 Å². The molecule has 1 saturated heterocycles. The summed E-state index contributed by atoms with van der Waals surface area (Å²) in [7, 11) is 0. The van der Waals surface area contributed by atoms with Crippen molar-refractivity contribution in [3.63, 3.8) is 0 Å². The molecule has 0 atom stereocenters. The summed E-state index contributed by atoms with van der Waals surface area (Å²) in [6, 6.07) is 0. The molecule has 2 heteroatoms. The Morgan fingerprint density at radius 1 is 1.70 bits per heavy atom. The predicted molar refractivity (Wildman–Crippen MR) is 40.3 cm³/mol. The summed E-state index contributed by atoms with van der Waals surface area (Å²) in [5, 5.41) is 0. The summed E-state index contributed by atoms with van der Waals surface area (Å²) < 4.78 is 0. The number of allylic oxidation sites excluding steroid dienone is 1. The number of carbonyl (C=O) groups is 1. The first-order valence-electron chi connectivity index (χ1n) is 3.58. The lowest BCUT2D eigenvalue weighted by molar-refractivity contribution is -0.124. The molecule has 2 nitrogen and oxygen atoms in total. The van der Waals surface area contributed by atoms with Gasteiger partial charge in [0.2, 0.25) is 5.91 Å². The van der Waals surface area contributed by atoms with Crippen molar-refractivity contribution in [3.8, 4) is 0 Å². The summed E-state index contributed by atoms with van der Waals surface area (Å²) in [6.45, 7) is 3.57. The number of amides is 1. The second-order valence-electron chi connectivity index (χ2n) is 2.36. The van der Waals surface area contributed by atoms with Crippen molar-refractivity contribution in [3.05, 3.63) is 18.6 Å². The van der Waals surface area contributed by atoms with Crippen LogP contribution in [0.4, 0.5) is 0 Å². The van der Waals surface area contributed by atoms with Crippen molar-refractivity contribution in [1.29, 1.82) is 0 Å². The Labute approximate surface area is 61.5 Å². The van der Waals surface area contributed by atoms with Crippen LogP contribution in [0, 0.1) is 6.42 Å². The lowest BCUT2D eigenvalue weighted by Gasteiger charge is -2.11. The van der Waals surface area contributed by atoms with E-state index in [1.165, 1.54) is 0 Å². The van der Waals surface area contributed by atoms with Gasteiger partial charge in [-0.25, -0.2) is 0 Å². The van der Waals surface area contributed by atoms with E-state index in [9.17, 15) is 4.79 Å². The van der Waals surface area contributed by atoms with Crippen molar-refractivity contribution in [2.24, 2.45) is 0 Å². The minimum atomic E-state index is 0.135. The molecular formula is C8H12NO. The molecule has 0 spiro atoms. The van der Waals surface area contributed by atoms with Gasteiger partial charge in [0.05, 0.1) is 0 Å². The lowest BCUT2D eigenvalue weighted by atomic mass is 10.4. The number of carbonyl (C=O) groups excluding carboxylic acids is 1. The van der Waals surface area contributed by atoms with Crippen LogP contribution in [0.1, 0.15) is 13.3 Å².